The van der Waals surface area contributed by atoms with Crippen molar-refractivity contribution in [2.24, 2.45) is 0 Å². The minimum absolute atomic E-state index is 1.14. The van der Waals surface area contributed by atoms with Crippen LogP contribution in [0.4, 0.5) is 0 Å². The zero-order chi connectivity index (χ0) is 9.28. The maximum absolute atomic E-state index is 9.43. The molecular formula is C7H12Cl2O2. The normalized spacial score (nSPS) is 8.00. The van der Waals surface area contributed by atoms with Gasteiger partial charge in [0.25, 0.3) is 0 Å². The molecule has 0 saturated carbocycles. The summed E-state index contributed by atoms with van der Waals surface area (Å²) in [6.07, 6.45) is 4.08. The van der Waals surface area contributed by atoms with Gasteiger partial charge in [-0.2, -0.15) is 0 Å². The van der Waals surface area contributed by atoms with E-state index in [0.29, 0.717) is 0 Å². The SMILES string of the molecule is CCCCC.O=C(Cl)C(=O)Cl. The Morgan fingerprint density at radius 1 is 1.00 bits per heavy atom. The Balaban J connectivity index is 0. The summed E-state index contributed by atoms with van der Waals surface area (Å²) in [4.78, 5) is 18.9. The van der Waals surface area contributed by atoms with E-state index >= 15 is 0 Å². The lowest BCUT2D eigenvalue weighted by molar-refractivity contribution is -0.127. The molecule has 0 bridgehead atoms. The highest BCUT2D eigenvalue weighted by molar-refractivity contribution is 6.97. The molecule has 0 aliphatic heterocycles. The topological polar surface area (TPSA) is 34.1 Å². The quantitative estimate of drug-likeness (QED) is 0.517. The second kappa shape index (κ2) is 9.92. The van der Waals surface area contributed by atoms with E-state index in [1.165, 1.54) is 19.3 Å². The van der Waals surface area contributed by atoms with Crippen molar-refractivity contribution in [1.29, 1.82) is 0 Å². The highest BCUT2D eigenvalue weighted by Gasteiger charge is 2.01. The Bertz CT molecular complexity index is 110. The van der Waals surface area contributed by atoms with Gasteiger partial charge in [-0.3, -0.25) is 9.59 Å². The largest absolute Gasteiger partial charge is 0.304 e. The summed E-state index contributed by atoms with van der Waals surface area (Å²) in [5.74, 6) is 0. The predicted octanol–water partition coefficient (Wildman–Crippen LogP) is 2.71. The molecule has 0 amide bonds. The number of rotatable bonds is 3. The summed E-state index contributed by atoms with van der Waals surface area (Å²) in [5, 5.41) is -2.28. The van der Waals surface area contributed by atoms with Crippen molar-refractivity contribution in [3.63, 3.8) is 0 Å². The number of hydrogen-bond acceptors (Lipinski definition) is 2. The fraction of sp³-hybridized carbons (Fsp3) is 0.714. The minimum atomic E-state index is -1.14. The second-order valence-electron chi connectivity index (χ2n) is 1.90. The number of halogens is 2. The van der Waals surface area contributed by atoms with Crippen LogP contribution >= 0.6 is 23.2 Å². The van der Waals surface area contributed by atoms with Crippen LogP contribution in [-0.2, 0) is 9.59 Å². The van der Waals surface area contributed by atoms with Crippen LogP contribution in [0.1, 0.15) is 33.1 Å². The van der Waals surface area contributed by atoms with Gasteiger partial charge >= 0.3 is 10.5 Å². The van der Waals surface area contributed by atoms with Crippen molar-refractivity contribution in [2.45, 2.75) is 33.1 Å². The molecule has 0 atom stereocenters. The lowest BCUT2D eigenvalue weighted by atomic mass is 10.3. The summed E-state index contributed by atoms with van der Waals surface area (Å²) in [6, 6.07) is 0. The molecule has 0 aliphatic carbocycles. The molecule has 4 heteroatoms. The minimum Gasteiger partial charge on any atom is -0.271 e. The van der Waals surface area contributed by atoms with E-state index in [1.807, 2.05) is 0 Å². The van der Waals surface area contributed by atoms with Crippen LogP contribution in [-0.4, -0.2) is 10.5 Å². The molecule has 0 unspecified atom stereocenters. The summed E-state index contributed by atoms with van der Waals surface area (Å²) in [5.41, 5.74) is 0. The van der Waals surface area contributed by atoms with E-state index in [4.69, 9.17) is 0 Å². The average molecular weight is 199 g/mol. The van der Waals surface area contributed by atoms with Gasteiger partial charge in [-0.05, 0) is 23.2 Å². The van der Waals surface area contributed by atoms with Gasteiger partial charge in [0.15, 0.2) is 0 Å². The summed E-state index contributed by atoms with van der Waals surface area (Å²) in [7, 11) is 0. The predicted molar refractivity (Wildman–Crippen MR) is 46.9 cm³/mol. The van der Waals surface area contributed by atoms with Gasteiger partial charge in [0, 0.05) is 0 Å². The monoisotopic (exact) mass is 198 g/mol. The van der Waals surface area contributed by atoms with Crippen LogP contribution in [0.2, 0.25) is 0 Å². The van der Waals surface area contributed by atoms with Gasteiger partial charge in [-0.25, -0.2) is 0 Å². The summed E-state index contributed by atoms with van der Waals surface area (Å²) < 4.78 is 0. The number of carbonyl (C=O) groups is 2. The molecule has 0 fully saturated rings. The van der Waals surface area contributed by atoms with Crippen molar-refractivity contribution in [1.82, 2.24) is 0 Å². The molecule has 0 spiro atoms. The molecule has 0 heterocycles. The van der Waals surface area contributed by atoms with Crippen molar-refractivity contribution in [2.75, 3.05) is 0 Å². The third-order valence-electron chi connectivity index (χ3n) is 0.862. The van der Waals surface area contributed by atoms with Gasteiger partial charge in [0.2, 0.25) is 0 Å². The van der Waals surface area contributed by atoms with Gasteiger partial charge in [-0.1, -0.05) is 33.1 Å². The zero-order valence-electron chi connectivity index (χ0n) is 6.69. The number of unbranched alkanes of at least 4 members (excludes halogenated alkanes) is 2. The third kappa shape index (κ3) is 17.8. The van der Waals surface area contributed by atoms with E-state index < -0.39 is 10.5 Å². The molecule has 0 aromatic carbocycles. The molecule has 0 saturated heterocycles. The Morgan fingerprint density at radius 3 is 1.27 bits per heavy atom. The van der Waals surface area contributed by atoms with Crippen molar-refractivity contribution in [3.8, 4) is 0 Å². The van der Waals surface area contributed by atoms with Gasteiger partial charge in [0.05, 0.1) is 0 Å². The van der Waals surface area contributed by atoms with Crippen LogP contribution in [0.25, 0.3) is 0 Å². The van der Waals surface area contributed by atoms with Crippen LogP contribution < -0.4 is 0 Å². The fourth-order valence-electron chi connectivity index (χ4n) is 0.354. The van der Waals surface area contributed by atoms with E-state index in [9.17, 15) is 9.59 Å². The van der Waals surface area contributed by atoms with Crippen molar-refractivity contribution >= 4 is 33.7 Å². The standard InChI is InChI=1S/C5H12.C2Cl2O2/c1-3-5-4-2;3-1(5)2(4)6/h3-5H2,1-2H3;. The molecule has 0 aliphatic rings. The zero-order valence-corrected chi connectivity index (χ0v) is 8.21. The van der Waals surface area contributed by atoms with Gasteiger partial charge in [0.1, 0.15) is 0 Å². The van der Waals surface area contributed by atoms with E-state index in [-0.39, 0.29) is 0 Å². The van der Waals surface area contributed by atoms with Crippen LogP contribution in [0.3, 0.4) is 0 Å². The van der Waals surface area contributed by atoms with E-state index in [2.05, 4.69) is 37.0 Å². The Labute approximate surface area is 76.9 Å². The number of hydrogen-bond donors (Lipinski definition) is 0. The lowest BCUT2D eigenvalue weighted by Crippen LogP contribution is -1.94. The van der Waals surface area contributed by atoms with E-state index in [0.717, 1.165) is 0 Å². The molecule has 0 N–H and O–H groups in total. The molecule has 0 radical (unpaired) electrons. The van der Waals surface area contributed by atoms with Crippen LogP contribution in [0.15, 0.2) is 0 Å². The Morgan fingerprint density at radius 2 is 1.27 bits per heavy atom. The maximum atomic E-state index is 9.43. The molecule has 0 rings (SSSR count). The first kappa shape index (κ1) is 13.5. The summed E-state index contributed by atoms with van der Waals surface area (Å²) in [6.45, 7) is 4.42. The highest BCUT2D eigenvalue weighted by atomic mass is 35.5. The molecule has 2 nitrogen and oxygen atoms in total. The smallest absolute Gasteiger partial charge is 0.271 e. The second-order valence-corrected chi connectivity index (χ2v) is 2.59. The van der Waals surface area contributed by atoms with Gasteiger partial charge < -0.3 is 0 Å². The van der Waals surface area contributed by atoms with E-state index in [1.54, 1.807) is 0 Å². The summed E-state index contributed by atoms with van der Waals surface area (Å²) >= 11 is 8.98. The molecule has 0 aromatic rings. The third-order valence-corrected chi connectivity index (χ3v) is 1.30. The first-order valence-corrected chi connectivity index (χ1v) is 4.21. The van der Waals surface area contributed by atoms with Crippen molar-refractivity contribution < 1.29 is 9.59 Å². The highest BCUT2D eigenvalue weighted by Crippen LogP contribution is 1.88. The first-order chi connectivity index (χ1) is 5.06. The fourth-order valence-corrected chi connectivity index (χ4v) is 0.354. The molecule has 11 heavy (non-hydrogen) atoms. The van der Waals surface area contributed by atoms with Crippen LogP contribution in [0.5, 0.6) is 0 Å². The molecule has 0 aromatic heterocycles. The first-order valence-electron chi connectivity index (χ1n) is 3.45. The Hall–Kier alpha value is -0.0800. The van der Waals surface area contributed by atoms with Crippen LogP contribution in [0, 0.1) is 0 Å². The average Bonchev–Trinajstić information content (AvgIpc) is 1.90. The maximum Gasteiger partial charge on any atom is 0.304 e. The molecule has 66 valence electrons. The van der Waals surface area contributed by atoms with Crippen molar-refractivity contribution in [3.05, 3.63) is 0 Å². The lowest BCUT2D eigenvalue weighted by Gasteiger charge is -1.79. The Kier molecular flexibility index (Phi) is 12.2. The molecular weight excluding hydrogens is 187 g/mol. The van der Waals surface area contributed by atoms with Gasteiger partial charge in [-0.15, -0.1) is 0 Å². The number of carbonyl (C=O) groups excluding carboxylic acids is 2.